The zero-order chi connectivity index (χ0) is 15.7. The summed E-state index contributed by atoms with van der Waals surface area (Å²) in [7, 11) is 0. The van der Waals surface area contributed by atoms with E-state index in [0.717, 1.165) is 39.9 Å². The van der Waals surface area contributed by atoms with E-state index < -0.39 is 0 Å². The van der Waals surface area contributed by atoms with Crippen LogP contribution in [-0.4, -0.2) is 27.0 Å². The van der Waals surface area contributed by atoms with Crippen LogP contribution in [0.4, 0.5) is 5.69 Å². The molecule has 114 valence electrons. The van der Waals surface area contributed by atoms with E-state index in [4.69, 9.17) is 22.3 Å². The topological polar surface area (TPSA) is 42.2 Å². The highest BCUT2D eigenvalue weighted by molar-refractivity contribution is 7.80. The van der Waals surface area contributed by atoms with Crippen molar-refractivity contribution in [1.82, 2.24) is 15.1 Å². The maximum absolute atomic E-state index is 5.56. The summed E-state index contributed by atoms with van der Waals surface area (Å²) in [6.07, 6.45) is 0. The van der Waals surface area contributed by atoms with Gasteiger partial charge in [0.05, 0.1) is 18.0 Å². The third-order valence-electron chi connectivity index (χ3n) is 3.79. The van der Waals surface area contributed by atoms with Crippen molar-refractivity contribution in [3.63, 3.8) is 0 Å². The molecule has 0 bridgehead atoms. The molecule has 1 N–H and O–H groups in total. The summed E-state index contributed by atoms with van der Waals surface area (Å²) in [6.45, 7) is 7.78. The van der Waals surface area contributed by atoms with Crippen molar-refractivity contribution >= 4 is 28.6 Å². The molecule has 0 spiro atoms. The summed E-state index contributed by atoms with van der Waals surface area (Å²) >= 11 is 5.56. The summed E-state index contributed by atoms with van der Waals surface area (Å²) in [5.74, 6) is 0.309. The Balaban J connectivity index is 2.19. The minimum atomic E-state index is 0.309. The maximum Gasteiger partial charge on any atom is 0.127 e. The molecule has 1 aromatic heterocycles. The summed E-state index contributed by atoms with van der Waals surface area (Å²) < 4.78 is 1.96. The predicted octanol–water partition coefficient (Wildman–Crippen LogP) is 3.43. The molecule has 2 aromatic rings. The Kier molecular flexibility index (Phi) is 4.07. The van der Waals surface area contributed by atoms with E-state index in [1.54, 1.807) is 0 Å². The van der Waals surface area contributed by atoms with Gasteiger partial charge in [0.25, 0.3) is 0 Å². The van der Waals surface area contributed by atoms with Gasteiger partial charge in [0.2, 0.25) is 0 Å². The molecule has 0 radical (unpaired) electrons. The first kappa shape index (κ1) is 14.9. The minimum Gasteiger partial charge on any atom is -0.369 e. The first-order chi connectivity index (χ1) is 10.6. The van der Waals surface area contributed by atoms with E-state index in [9.17, 15) is 0 Å². The largest absolute Gasteiger partial charge is 0.369 e. The van der Waals surface area contributed by atoms with Gasteiger partial charge in [-0.2, -0.15) is 5.10 Å². The number of hydrogen-bond donors (Lipinski definition) is 1. The third-order valence-corrected chi connectivity index (χ3v) is 4.12. The fourth-order valence-electron chi connectivity index (χ4n) is 2.64. The zero-order valence-corrected chi connectivity index (χ0v) is 13.9. The first-order valence-electron chi connectivity index (χ1n) is 7.63. The second-order valence-electron chi connectivity index (χ2n) is 5.66. The second-order valence-corrected chi connectivity index (χ2v) is 6.07. The molecular weight excluding hydrogens is 292 g/mol. The van der Waals surface area contributed by atoms with E-state index >= 15 is 0 Å². The monoisotopic (exact) mass is 312 g/mol. The molecule has 0 fully saturated rings. The van der Waals surface area contributed by atoms with Crippen molar-refractivity contribution in [3.05, 3.63) is 47.3 Å². The standard InChI is InChI=1S/C17H20N4S/c1-4-21-16-15(14(20-21)11(2)3)19-13(10-18-17(16)22)12-8-6-5-7-9-12/h5-9,11H,4,10H2,1-3H3,(H,18,22). The molecular formula is C17H20N4S. The molecule has 3 rings (SSSR count). The second kappa shape index (κ2) is 6.01. The van der Waals surface area contributed by atoms with Crippen LogP contribution in [0.2, 0.25) is 0 Å². The fourth-order valence-corrected chi connectivity index (χ4v) is 2.92. The summed E-state index contributed by atoms with van der Waals surface area (Å²) in [6, 6.07) is 10.2. The molecule has 22 heavy (non-hydrogen) atoms. The number of nitrogens with zero attached hydrogens (tertiary/aromatic N) is 3. The average molecular weight is 312 g/mol. The molecule has 0 atom stereocenters. The predicted molar refractivity (Wildman–Crippen MR) is 94.3 cm³/mol. The number of thiocarbonyl (C=S) groups is 1. The summed E-state index contributed by atoms with van der Waals surface area (Å²) in [5.41, 5.74) is 4.98. The van der Waals surface area contributed by atoms with Gasteiger partial charge >= 0.3 is 0 Å². The number of hydrogen-bond acceptors (Lipinski definition) is 3. The Morgan fingerprint density at radius 3 is 2.64 bits per heavy atom. The quantitative estimate of drug-likeness (QED) is 0.883. The van der Waals surface area contributed by atoms with Crippen molar-refractivity contribution in [1.29, 1.82) is 0 Å². The van der Waals surface area contributed by atoms with Crippen LogP contribution in [0.15, 0.2) is 35.3 Å². The van der Waals surface area contributed by atoms with Gasteiger partial charge in [-0.25, -0.2) is 4.99 Å². The molecule has 0 amide bonds. The molecule has 0 saturated heterocycles. The zero-order valence-electron chi connectivity index (χ0n) is 13.1. The molecule has 5 heteroatoms. The maximum atomic E-state index is 5.56. The SMILES string of the molecule is CCn1nc(C(C)C)c2c1C(=S)NCC(c1ccccc1)=N2. The lowest BCUT2D eigenvalue weighted by Gasteiger charge is -2.08. The van der Waals surface area contributed by atoms with Crippen LogP contribution in [0.1, 0.15) is 43.6 Å². The highest BCUT2D eigenvalue weighted by atomic mass is 32.1. The molecule has 2 heterocycles. The van der Waals surface area contributed by atoms with Crippen LogP contribution in [0.5, 0.6) is 0 Å². The van der Waals surface area contributed by atoms with Gasteiger partial charge in [0.15, 0.2) is 0 Å². The Morgan fingerprint density at radius 1 is 1.27 bits per heavy atom. The minimum absolute atomic E-state index is 0.309. The van der Waals surface area contributed by atoms with Crippen LogP contribution in [-0.2, 0) is 6.54 Å². The average Bonchev–Trinajstić information content (AvgIpc) is 2.81. The van der Waals surface area contributed by atoms with E-state index in [-0.39, 0.29) is 0 Å². The number of aliphatic imine (C=N–C) groups is 1. The van der Waals surface area contributed by atoms with Crippen molar-refractivity contribution in [2.75, 3.05) is 6.54 Å². The Morgan fingerprint density at radius 2 is 2.00 bits per heavy atom. The van der Waals surface area contributed by atoms with E-state index in [1.807, 2.05) is 22.9 Å². The van der Waals surface area contributed by atoms with Crippen LogP contribution in [0.3, 0.4) is 0 Å². The Bertz CT molecular complexity index is 729. The van der Waals surface area contributed by atoms with Crippen LogP contribution in [0.25, 0.3) is 0 Å². The number of nitrogens with one attached hydrogen (secondary N) is 1. The lowest BCUT2D eigenvalue weighted by molar-refractivity contribution is 0.630. The van der Waals surface area contributed by atoms with Gasteiger partial charge in [-0.1, -0.05) is 56.4 Å². The normalized spacial score (nSPS) is 14.4. The number of benzene rings is 1. The number of aromatic nitrogens is 2. The first-order valence-corrected chi connectivity index (χ1v) is 8.04. The van der Waals surface area contributed by atoms with Gasteiger partial charge < -0.3 is 5.32 Å². The number of fused-ring (bicyclic) bond motifs is 1. The van der Waals surface area contributed by atoms with Crippen molar-refractivity contribution in [2.24, 2.45) is 4.99 Å². The molecule has 1 aliphatic heterocycles. The molecule has 0 unspecified atom stereocenters. The van der Waals surface area contributed by atoms with Crippen molar-refractivity contribution < 1.29 is 0 Å². The Hall–Kier alpha value is -2.01. The molecule has 1 aliphatic rings. The summed E-state index contributed by atoms with van der Waals surface area (Å²) in [5, 5.41) is 8.03. The number of aryl methyl sites for hydroxylation is 1. The van der Waals surface area contributed by atoms with Crippen LogP contribution >= 0.6 is 12.2 Å². The molecule has 0 aliphatic carbocycles. The lowest BCUT2D eigenvalue weighted by atomic mass is 10.1. The van der Waals surface area contributed by atoms with E-state index in [2.05, 4.69) is 38.2 Å². The fraction of sp³-hybridized carbons (Fsp3) is 0.353. The van der Waals surface area contributed by atoms with Crippen LogP contribution < -0.4 is 5.32 Å². The van der Waals surface area contributed by atoms with E-state index in [0.29, 0.717) is 12.5 Å². The van der Waals surface area contributed by atoms with E-state index in [1.165, 1.54) is 0 Å². The molecule has 0 saturated carbocycles. The summed E-state index contributed by atoms with van der Waals surface area (Å²) in [4.78, 5) is 5.66. The van der Waals surface area contributed by atoms with Crippen molar-refractivity contribution in [2.45, 2.75) is 33.2 Å². The van der Waals surface area contributed by atoms with Gasteiger partial charge in [-0.15, -0.1) is 0 Å². The smallest absolute Gasteiger partial charge is 0.127 e. The molecule has 1 aromatic carbocycles. The van der Waals surface area contributed by atoms with Gasteiger partial charge in [0, 0.05) is 6.54 Å². The highest BCUT2D eigenvalue weighted by Gasteiger charge is 2.25. The van der Waals surface area contributed by atoms with Gasteiger partial charge in [0.1, 0.15) is 16.4 Å². The highest BCUT2D eigenvalue weighted by Crippen LogP contribution is 2.32. The molecule has 4 nitrogen and oxygen atoms in total. The van der Waals surface area contributed by atoms with Crippen LogP contribution in [0, 0.1) is 0 Å². The number of rotatable bonds is 3. The third kappa shape index (κ3) is 2.57. The lowest BCUT2D eigenvalue weighted by Crippen LogP contribution is -2.29. The Labute approximate surface area is 136 Å². The van der Waals surface area contributed by atoms with Gasteiger partial charge in [-0.05, 0) is 18.4 Å². The van der Waals surface area contributed by atoms with Gasteiger partial charge in [-0.3, -0.25) is 4.68 Å². The van der Waals surface area contributed by atoms with Crippen molar-refractivity contribution in [3.8, 4) is 0 Å².